The van der Waals surface area contributed by atoms with Crippen LogP contribution in [-0.4, -0.2) is 55.8 Å². The Hall–Kier alpha value is -1.11. The summed E-state index contributed by atoms with van der Waals surface area (Å²) in [7, 11) is -2.99. The highest BCUT2D eigenvalue weighted by Crippen LogP contribution is 2.20. The van der Waals surface area contributed by atoms with Crippen molar-refractivity contribution in [2.75, 3.05) is 24.6 Å². The minimum Gasteiger partial charge on any atom is -0.352 e. The molecule has 2 fully saturated rings. The van der Waals surface area contributed by atoms with E-state index in [9.17, 15) is 18.0 Å². The van der Waals surface area contributed by atoms with Crippen LogP contribution >= 0.6 is 0 Å². The maximum Gasteiger partial charge on any atom is 0.225 e. The molecule has 0 aliphatic carbocycles. The lowest BCUT2D eigenvalue weighted by atomic mass is 10.1. The maximum absolute atomic E-state index is 12.1. The summed E-state index contributed by atoms with van der Waals surface area (Å²) < 4.78 is 22.7. The van der Waals surface area contributed by atoms with Gasteiger partial charge in [0.25, 0.3) is 0 Å². The summed E-state index contributed by atoms with van der Waals surface area (Å²) >= 11 is 0. The number of carbonyl (C=O) groups is 2. The van der Waals surface area contributed by atoms with Gasteiger partial charge in [0, 0.05) is 25.6 Å². The Kier molecular flexibility index (Phi) is 4.67. The number of nitrogens with zero attached hydrogens (tertiary/aromatic N) is 1. The number of likely N-dealkylation sites (tertiary alicyclic amines) is 1. The fraction of sp³-hybridized carbons (Fsp3) is 0.846. The van der Waals surface area contributed by atoms with Crippen molar-refractivity contribution in [3.8, 4) is 0 Å². The average molecular weight is 302 g/mol. The van der Waals surface area contributed by atoms with Crippen LogP contribution in [0.1, 0.15) is 32.6 Å². The highest BCUT2D eigenvalue weighted by molar-refractivity contribution is 7.91. The molecule has 0 spiro atoms. The molecule has 0 radical (unpaired) electrons. The molecule has 2 unspecified atom stereocenters. The van der Waals surface area contributed by atoms with Gasteiger partial charge in [-0.3, -0.25) is 9.59 Å². The smallest absolute Gasteiger partial charge is 0.225 e. The van der Waals surface area contributed by atoms with Gasteiger partial charge in [0.15, 0.2) is 9.84 Å². The van der Waals surface area contributed by atoms with Crippen molar-refractivity contribution in [3.63, 3.8) is 0 Å². The molecule has 2 atom stereocenters. The Labute approximate surface area is 119 Å². The fourth-order valence-corrected chi connectivity index (χ4v) is 4.41. The highest BCUT2D eigenvalue weighted by atomic mass is 32.2. The fourth-order valence-electron chi connectivity index (χ4n) is 2.74. The minimum atomic E-state index is -2.99. The first-order valence-electron chi connectivity index (χ1n) is 7.20. The summed E-state index contributed by atoms with van der Waals surface area (Å²) in [5.41, 5.74) is 0. The van der Waals surface area contributed by atoms with E-state index >= 15 is 0 Å². The number of amides is 2. The molecular formula is C13H22N2O4S. The Morgan fingerprint density at radius 1 is 1.45 bits per heavy atom. The van der Waals surface area contributed by atoms with Gasteiger partial charge < -0.3 is 10.2 Å². The van der Waals surface area contributed by atoms with Crippen molar-refractivity contribution in [2.24, 2.45) is 5.92 Å². The Morgan fingerprint density at radius 2 is 2.20 bits per heavy atom. The zero-order chi connectivity index (χ0) is 14.8. The Balaban J connectivity index is 1.83. The quantitative estimate of drug-likeness (QED) is 0.771. The van der Waals surface area contributed by atoms with E-state index in [1.54, 1.807) is 4.90 Å². The van der Waals surface area contributed by atoms with Crippen LogP contribution in [0.25, 0.3) is 0 Å². The molecule has 7 heteroatoms. The van der Waals surface area contributed by atoms with E-state index in [2.05, 4.69) is 12.2 Å². The van der Waals surface area contributed by atoms with Crippen molar-refractivity contribution in [1.29, 1.82) is 0 Å². The van der Waals surface area contributed by atoms with Crippen molar-refractivity contribution >= 4 is 21.7 Å². The third-order valence-electron chi connectivity index (χ3n) is 3.95. The van der Waals surface area contributed by atoms with E-state index in [4.69, 9.17) is 0 Å². The van der Waals surface area contributed by atoms with Crippen molar-refractivity contribution in [3.05, 3.63) is 0 Å². The second kappa shape index (κ2) is 6.11. The normalized spacial score (nSPS) is 28.9. The van der Waals surface area contributed by atoms with Crippen LogP contribution < -0.4 is 5.32 Å². The van der Waals surface area contributed by atoms with Crippen molar-refractivity contribution in [1.82, 2.24) is 10.2 Å². The summed E-state index contributed by atoms with van der Waals surface area (Å²) in [6.07, 6.45) is 2.69. The predicted octanol–water partition coefficient (Wildman–Crippen LogP) is -0.0617. The van der Waals surface area contributed by atoms with Crippen LogP contribution in [0.3, 0.4) is 0 Å². The van der Waals surface area contributed by atoms with Crippen LogP contribution in [0.5, 0.6) is 0 Å². The lowest BCUT2D eigenvalue weighted by Gasteiger charge is -2.17. The maximum atomic E-state index is 12.1. The van der Waals surface area contributed by atoms with Gasteiger partial charge in [0.05, 0.1) is 17.4 Å². The standard InChI is InChI=1S/C13H22N2O4S/c1-2-3-5-15-8-10(7-12(15)16)13(17)14-11-4-6-20(18,19)9-11/h10-11H,2-9H2,1H3,(H,14,17). The average Bonchev–Trinajstić information content (AvgIpc) is 2.90. The predicted molar refractivity (Wildman–Crippen MR) is 74.8 cm³/mol. The lowest BCUT2D eigenvalue weighted by molar-refractivity contribution is -0.129. The molecule has 2 amide bonds. The molecule has 0 bridgehead atoms. The van der Waals surface area contributed by atoms with E-state index in [-0.39, 0.29) is 41.7 Å². The third kappa shape index (κ3) is 3.71. The van der Waals surface area contributed by atoms with Crippen molar-refractivity contribution in [2.45, 2.75) is 38.6 Å². The molecule has 0 aromatic carbocycles. The molecule has 0 aromatic rings. The third-order valence-corrected chi connectivity index (χ3v) is 5.71. The van der Waals surface area contributed by atoms with E-state index in [1.165, 1.54) is 0 Å². The Morgan fingerprint density at radius 3 is 2.80 bits per heavy atom. The number of hydrogen-bond donors (Lipinski definition) is 1. The molecule has 2 heterocycles. The molecule has 1 N–H and O–H groups in total. The van der Waals surface area contributed by atoms with Crippen LogP contribution in [0.4, 0.5) is 0 Å². The molecule has 0 aromatic heterocycles. The molecule has 2 aliphatic rings. The summed E-state index contributed by atoms with van der Waals surface area (Å²) in [6, 6.07) is -0.285. The molecule has 2 rings (SSSR count). The number of sulfone groups is 1. The summed E-state index contributed by atoms with van der Waals surface area (Å²) in [5, 5.41) is 2.78. The second-order valence-corrected chi connectivity index (χ2v) is 7.93. The molecule has 114 valence electrons. The number of rotatable bonds is 5. The van der Waals surface area contributed by atoms with E-state index < -0.39 is 9.84 Å². The summed E-state index contributed by atoms with van der Waals surface area (Å²) in [6.45, 7) is 3.23. The number of carbonyl (C=O) groups excluding carboxylic acids is 2. The topological polar surface area (TPSA) is 83.6 Å². The van der Waals surface area contributed by atoms with Gasteiger partial charge in [-0.15, -0.1) is 0 Å². The highest BCUT2D eigenvalue weighted by Gasteiger charge is 2.36. The van der Waals surface area contributed by atoms with Crippen molar-refractivity contribution < 1.29 is 18.0 Å². The van der Waals surface area contributed by atoms with E-state index in [0.29, 0.717) is 19.5 Å². The van der Waals surface area contributed by atoms with Gasteiger partial charge in [-0.1, -0.05) is 13.3 Å². The van der Waals surface area contributed by atoms with Gasteiger partial charge in [-0.2, -0.15) is 0 Å². The van der Waals surface area contributed by atoms with Crippen LogP contribution in [0.2, 0.25) is 0 Å². The van der Waals surface area contributed by atoms with Gasteiger partial charge >= 0.3 is 0 Å². The molecule has 6 nitrogen and oxygen atoms in total. The number of nitrogens with one attached hydrogen (secondary N) is 1. The summed E-state index contributed by atoms with van der Waals surface area (Å²) in [5.74, 6) is -0.317. The lowest BCUT2D eigenvalue weighted by Crippen LogP contribution is -2.40. The minimum absolute atomic E-state index is 0.0256. The van der Waals surface area contributed by atoms with Crippen LogP contribution in [0.15, 0.2) is 0 Å². The monoisotopic (exact) mass is 302 g/mol. The van der Waals surface area contributed by atoms with Crippen LogP contribution in [0, 0.1) is 5.92 Å². The van der Waals surface area contributed by atoms with Gasteiger partial charge in [-0.25, -0.2) is 8.42 Å². The zero-order valence-electron chi connectivity index (χ0n) is 11.8. The molecular weight excluding hydrogens is 280 g/mol. The van der Waals surface area contributed by atoms with Gasteiger partial charge in [-0.05, 0) is 12.8 Å². The second-order valence-electron chi connectivity index (χ2n) is 5.70. The first kappa shape index (κ1) is 15.3. The molecule has 20 heavy (non-hydrogen) atoms. The molecule has 2 aliphatic heterocycles. The number of hydrogen-bond acceptors (Lipinski definition) is 4. The molecule has 0 saturated carbocycles. The van der Waals surface area contributed by atoms with Gasteiger partial charge in [0.1, 0.15) is 0 Å². The van der Waals surface area contributed by atoms with Gasteiger partial charge in [0.2, 0.25) is 11.8 Å². The zero-order valence-corrected chi connectivity index (χ0v) is 12.6. The number of unbranched alkanes of at least 4 members (excludes halogenated alkanes) is 1. The SMILES string of the molecule is CCCCN1CC(C(=O)NC2CCS(=O)(=O)C2)CC1=O. The largest absolute Gasteiger partial charge is 0.352 e. The van der Waals surface area contributed by atoms with Crippen LogP contribution in [-0.2, 0) is 19.4 Å². The Bertz CT molecular complexity index is 489. The molecule has 2 saturated heterocycles. The van der Waals surface area contributed by atoms with E-state index in [1.807, 2.05) is 0 Å². The van der Waals surface area contributed by atoms with E-state index in [0.717, 1.165) is 12.8 Å². The summed E-state index contributed by atoms with van der Waals surface area (Å²) in [4.78, 5) is 25.6. The first-order valence-corrected chi connectivity index (χ1v) is 9.02. The first-order chi connectivity index (χ1) is 9.41.